The Morgan fingerprint density at radius 3 is 2.87 bits per heavy atom. The van der Waals surface area contributed by atoms with E-state index in [2.05, 4.69) is 15.2 Å². The number of nitrogens with zero attached hydrogens (tertiary/aromatic N) is 3. The van der Waals surface area contributed by atoms with Gasteiger partial charge >= 0.3 is 5.97 Å². The first-order chi connectivity index (χ1) is 11.0. The number of nitrogens with one attached hydrogen (secondary N) is 1. The second kappa shape index (κ2) is 5.11. The third kappa shape index (κ3) is 2.20. The second-order valence-corrected chi connectivity index (χ2v) is 7.23. The number of carbonyl (C=O) groups excluding carboxylic acids is 1. The number of carboxylic acid groups (broad SMARTS) is 1. The average Bonchev–Trinajstić information content (AvgIpc) is 3.29. The summed E-state index contributed by atoms with van der Waals surface area (Å²) < 4.78 is 0. The van der Waals surface area contributed by atoms with E-state index >= 15 is 0 Å². The molecule has 0 spiro atoms. The van der Waals surface area contributed by atoms with E-state index in [1.54, 1.807) is 0 Å². The Morgan fingerprint density at radius 1 is 1.48 bits per heavy atom. The molecule has 4 N–H and O–H groups in total. The third-order valence-electron chi connectivity index (χ3n) is 4.16. The Hall–Kier alpha value is -1.78. The maximum atomic E-state index is 11.9. The average molecular weight is 351 g/mol. The lowest BCUT2D eigenvalue weighted by molar-refractivity contribution is -0.147. The number of carbonyl (C=O) groups is 2. The maximum Gasteiger partial charge on any atom is 0.353 e. The van der Waals surface area contributed by atoms with Crippen molar-refractivity contribution in [3.05, 3.63) is 22.9 Å². The van der Waals surface area contributed by atoms with Crippen LogP contribution >= 0.6 is 24.0 Å². The van der Waals surface area contributed by atoms with Crippen LogP contribution in [0.5, 0.6) is 0 Å². The molecule has 1 aromatic rings. The molecule has 2 atom stereocenters. The van der Waals surface area contributed by atoms with Crippen LogP contribution in [0, 0.1) is 0 Å². The smallest absolute Gasteiger partial charge is 0.353 e. The summed E-state index contributed by atoms with van der Waals surface area (Å²) in [7, 11) is 0. The minimum absolute atomic E-state index is 0.0942. The minimum Gasteiger partial charge on any atom is -0.477 e. The Bertz CT molecular complexity index is 769. The fraction of sp³-hybridized carbons (Fsp3) is 0.462. The van der Waals surface area contributed by atoms with Gasteiger partial charge in [-0.3, -0.25) is 14.8 Å². The number of H-pyrrole nitrogens is 1. The van der Waals surface area contributed by atoms with Crippen molar-refractivity contribution in [3.8, 4) is 0 Å². The zero-order valence-corrected chi connectivity index (χ0v) is 13.5. The summed E-state index contributed by atoms with van der Waals surface area (Å²) in [6.07, 6.45) is 2.14. The second-order valence-electron chi connectivity index (χ2n) is 5.72. The van der Waals surface area contributed by atoms with Crippen LogP contribution in [0.1, 0.15) is 30.4 Å². The number of carboxylic acids is 1. The van der Waals surface area contributed by atoms with Crippen LogP contribution in [-0.2, 0) is 9.59 Å². The summed E-state index contributed by atoms with van der Waals surface area (Å²) >= 11 is 6.80. The van der Waals surface area contributed by atoms with Gasteiger partial charge in [0.15, 0.2) is 5.82 Å². The molecule has 1 saturated carbocycles. The number of thiocarbonyl (C=S) groups is 1. The number of rotatable bonds is 4. The Balaban J connectivity index is 1.70. The zero-order valence-electron chi connectivity index (χ0n) is 11.9. The fourth-order valence-corrected chi connectivity index (χ4v) is 4.39. The van der Waals surface area contributed by atoms with E-state index < -0.39 is 17.9 Å². The van der Waals surface area contributed by atoms with E-state index in [0.29, 0.717) is 23.1 Å². The summed E-state index contributed by atoms with van der Waals surface area (Å²) in [5.41, 5.74) is 6.03. The molecule has 23 heavy (non-hydrogen) atoms. The van der Waals surface area contributed by atoms with Crippen molar-refractivity contribution < 1.29 is 14.7 Å². The lowest BCUT2D eigenvalue weighted by Gasteiger charge is -2.47. The van der Waals surface area contributed by atoms with Crippen molar-refractivity contribution in [3.63, 3.8) is 0 Å². The van der Waals surface area contributed by atoms with Crippen molar-refractivity contribution in [1.82, 2.24) is 20.1 Å². The number of aromatic nitrogens is 3. The van der Waals surface area contributed by atoms with Gasteiger partial charge in [0, 0.05) is 17.2 Å². The molecule has 0 bridgehead atoms. The molecule has 120 valence electrons. The van der Waals surface area contributed by atoms with Crippen molar-refractivity contribution in [2.75, 3.05) is 5.75 Å². The molecule has 2 aliphatic heterocycles. The summed E-state index contributed by atoms with van der Waals surface area (Å²) in [5.74, 6) is 0.275. The molecule has 2 fully saturated rings. The number of amides is 1. The number of β-lactam (4-membered cyclic amide) rings is 1. The van der Waals surface area contributed by atoms with E-state index in [-0.39, 0.29) is 15.9 Å². The van der Waals surface area contributed by atoms with E-state index in [1.165, 1.54) is 16.7 Å². The topological polar surface area (TPSA) is 125 Å². The molecule has 1 unspecified atom stereocenters. The first-order valence-corrected chi connectivity index (χ1v) is 8.58. The van der Waals surface area contributed by atoms with E-state index in [4.69, 9.17) is 18.0 Å². The van der Waals surface area contributed by atoms with Gasteiger partial charge in [-0.25, -0.2) is 9.78 Å². The number of thioether (sulfide) groups is 1. The number of aliphatic carboxylic acids is 1. The first-order valence-electron chi connectivity index (χ1n) is 7.12. The van der Waals surface area contributed by atoms with Crippen molar-refractivity contribution >= 4 is 40.7 Å². The Labute approximate surface area is 140 Å². The van der Waals surface area contributed by atoms with Crippen LogP contribution < -0.4 is 5.73 Å². The van der Waals surface area contributed by atoms with E-state index in [9.17, 15) is 14.7 Å². The normalized spacial score (nSPS) is 26.8. The molecule has 4 rings (SSSR count). The molecule has 3 heterocycles. The van der Waals surface area contributed by atoms with Gasteiger partial charge in [0.2, 0.25) is 5.91 Å². The molecular formula is C13H13N5O3S2. The minimum atomic E-state index is -1.19. The highest BCUT2D eigenvalue weighted by Gasteiger charge is 2.52. The largest absolute Gasteiger partial charge is 0.477 e. The molecule has 1 amide bonds. The molecule has 1 aromatic heterocycles. The molecule has 1 saturated heterocycles. The molecule has 1 aliphatic carbocycles. The van der Waals surface area contributed by atoms with Crippen LogP contribution in [0.3, 0.4) is 0 Å². The number of aromatic amines is 1. The van der Waals surface area contributed by atoms with Crippen LogP contribution in [0.15, 0.2) is 11.3 Å². The standard InChI is InChI=1S/C13H13N5O3S2/c14-6-11(19)18-7(13(20)21)5(3-23-12(6)18)8(22)10-15-9(16-17-10)4-1-2-4/h4,6,12H,1-3,14H2,(H,20,21)(H,15,16,17)/t6?,12-/m0/s1. The predicted molar refractivity (Wildman–Crippen MR) is 85.8 cm³/mol. The lowest BCUT2D eigenvalue weighted by Crippen LogP contribution is -2.68. The third-order valence-corrected chi connectivity index (χ3v) is 5.89. The van der Waals surface area contributed by atoms with Gasteiger partial charge in [-0.2, -0.15) is 5.10 Å². The summed E-state index contributed by atoms with van der Waals surface area (Å²) in [4.78, 5) is 29.4. The van der Waals surface area contributed by atoms with Crippen LogP contribution in [0.2, 0.25) is 0 Å². The zero-order chi connectivity index (χ0) is 16.3. The molecule has 0 radical (unpaired) electrons. The summed E-state index contributed by atoms with van der Waals surface area (Å²) in [6, 6.07) is -0.658. The molecular weight excluding hydrogens is 338 g/mol. The van der Waals surface area contributed by atoms with Gasteiger partial charge in [0.1, 0.15) is 22.9 Å². The fourth-order valence-electron chi connectivity index (χ4n) is 2.74. The van der Waals surface area contributed by atoms with Gasteiger partial charge in [0.25, 0.3) is 0 Å². The lowest BCUT2D eigenvalue weighted by atomic mass is 10.0. The summed E-state index contributed by atoms with van der Waals surface area (Å²) in [5, 5.41) is 16.1. The van der Waals surface area contributed by atoms with E-state index in [0.717, 1.165) is 18.7 Å². The van der Waals surface area contributed by atoms with Crippen molar-refractivity contribution in [1.29, 1.82) is 0 Å². The number of nitrogens with two attached hydrogens (primary N) is 1. The van der Waals surface area contributed by atoms with Crippen LogP contribution in [-0.4, -0.2) is 59.1 Å². The predicted octanol–water partition coefficient (Wildman–Crippen LogP) is -0.0188. The quantitative estimate of drug-likeness (QED) is 0.393. The SMILES string of the molecule is NC1C(=O)N2C(C(=O)O)=C(C(=S)c3n[nH]c(C4CC4)n3)CS[C@@H]12. The van der Waals surface area contributed by atoms with Gasteiger partial charge in [-0.15, -0.1) is 11.8 Å². The van der Waals surface area contributed by atoms with Crippen LogP contribution in [0.25, 0.3) is 0 Å². The first kappa shape index (κ1) is 14.8. The number of fused-ring (bicyclic) bond motifs is 1. The molecule has 3 aliphatic rings. The molecule has 10 heteroatoms. The van der Waals surface area contributed by atoms with Gasteiger partial charge in [-0.05, 0) is 12.8 Å². The molecule has 0 aromatic carbocycles. The van der Waals surface area contributed by atoms with Crippen molar-refractivity contribution in [2.24, 2.45) is 5.73 Å². The number of hydrogen-bond donors (Lipinski definition) is 3. The van der Waals surface area contributed by atoms with Crippen LogP contribution in [0.4, 0.5) is 0 Å². The monoisotopic (exact) mass is 351 g/mol. The highest BCUT2D eigenvalue weighted by molar-refractivity contribution is 8.00. The highest BCUT2D eigenvalue weighted by Crippen LogP contribution is 2.41. The molecule has 8 nitrogen and oxygen atoms in total. The Kier molecular flexibility index (Phi) is 3.29. The highest BCUT2D eigenvalue weighted by atomic mass is 32.2. The van der Waals surface area contributed by atoms with E-state index in [1.807, 2.05) is 0 Å². The van der Waals surface area contributed by atoms with Gasteiger partial charge in [0.05, 0.1) is 4.86 Å². The van der Waals surface area contributed by atoms with Gasteiger partial charge < -0.3 is 10.8 Å². The Morgan fingerprint density at radius 2 is 2.22 bits per heavy atom. The number of hydrogen-bond acceptors (Lipinski definition) is 7. The van der Waals surface area contributed by atoms with Gasteiger partial charge in [-0.1, -0.05) is 12.2 Å². The van der Waals surface area contributed by atoms with Crippen molar-refractivity contribution in [2.45, 2.75) is 30.2 Å². The maximum absolute atomic E-state index is 11.9. The summed E-state index contributed by atoms with van der Waals surface area (Å²) in [6.45, 7) is 0.